The number of alkyl halides is 3. The largest absolute Gasteiger partial charge is 0.432 e. The van der Waals surface area contributed by atoms with Crippen LogP contribution in [0.2, 0.25) is 0 Å². The van der Waals surface area contributed by atoms with Gasteiger partial charge in [-0.25, -0.2) is 4.39 Å². The summed E-state index contributed by atoms with van der Waals surface area (Å²) in [7, 11) is 0. The number of nitrogens with two attached hydrogens (primary N) is 1. The van der Waals surface area contributed by atoms with E-state index < -0.39 is 13.3 Å². The summed E-state index contributed by atoms with van der Waals surface area (Å²) in [6, 6.07) is 4.19. The summed E-state index contributed by atoms with van der Waals surface area (Å²) < 4.78 is 39.9. The molecule has 0 saturated heterocycles. The van der Waals surface area contributed by atoms with Gasteiger partial charge in [-0.15, -0.1) is 0 Å². The maximum Gasteiger partial charge on any atom is 0.387 e. The van der Waals surface area contributed by atoms with Crippen molar-refractivity contribution in [2.45, 2.75) is 13.3 Å². The topological polar surface area (TPSA) is 35.2 Å². The van der Waals surface area contributed by atoms with Crippen molar-refractivity contribution in [3.63, 3.8) is 0 Å². The Morgan fingerprint density at radius 2 is 2.08 bits per heavy atom. The molecule has 72 valence electrons. The molecule has 0 aliphatic heterocycles. The van der Waals surface area contributed by atoms with Gasteiger partial charge in [-0.2, -0.15) is 8.78 Å². The lowest BCUT2D eigenvalue weighted by atomic mass is 10.2. The van der Waals surface area contributed by atoms with E-state index in [9.17, 15) is 13.2 Å². The third-order valence-electron chi connectivity index (χ3n) is 1.48. The van der Waals surface area contributed by atoms with Gasteiger partial charge in [-0.3, -0.25) is 0 Å². The van der Waals surface area contributed by atoms with Gasteiger partial charge in [0.2, 0.25) is 0 Å². The van der Waals surface area contributed by atoms with Crippen LogP contribution in [0.25, 0.3) is 0 Å². The molecular formula is C8H8F3NO. The van der Waals surface area contributed by atoms with E-state index in [1.165, 1.54) is 18.2 Å². The molecule has 1 aromatic carbocycles. The minimum absolute atomic E-state index is 0.00968. The van der Waals surface area contributed by atoms with E-state index in [2.05, 4.69) is 4.74 Å². The van der Waals surface area contributed by atoms with Crippen molar-refractivity contribution >= 4 is 5.69 Å². The van der Waals surface area contributed by atoms with Crippen molar-refractivity contribution in [3.8, 4) is 5.75 Å². The standard InChI is InChI=1S/C8H8F3NO/c9-4-5-2-1-3-6(12)7(5)13-8(10)11/h1-3,8H,4,12H2. The molecule has 0 saturated carbocycles. The minimum atomic E-state index is -2.99. The molecule has 2 N–H and O–H groups in total. The van der Waals surface area contributed by atoms with Crippen LogP contribution in [-0.4, -0.2) is 6.61 Å². The zero-order chi connectivity index (χ0) is 9.84. The summed E-state index contributed by atoms with van der Waals surface area (Å²) in [6.45, 7) is -3.87. The molecular weight excluding hydrogens is 183 g/mol. The molecule has 0 bridgehead atoms. The molecule has 0 aromatic heterocycles. The Hall–Kier alpha value is -1.39. The van der Waals surface area contributed by atoms with Gasteiger partial charge in [-0.1, -0.05) is 12.1 Å². The van der Waals surface area contributed by atoms with Crippen molar-refractivity contribution in [2.24, 2.45) is 0 Å². The third kappa shape index (κ3) is 2.27. The Morgan fingerprint density at radius 3 is 2.62 bits per heavy atom. The van der Waals surface area contributed by atoms with E-state index >= 15 is 0 Å². The van der Waals surface area contributed by atoms with Crippen molar-refractivity contribution in [3.05, 3.63) is 23.8 Å². The second kappa shape index (κ2) is 4.02. The lowest BCUT2D eigenvalue weighted by molar-refractivity contribution is -0.0501. The molecule has 0 aliphatic carbocycles. The van der Waals surface area contributed by atoms with Crippen LogP contribution in [0.3, 0.4) is 0 Å². The highest BCUT2D eigenvalue weighted by Gasteiger charge is 2.12. The minimum Gasteiger partial charge on any atom is -0.432 e. The van der Waals surface area contributed by atoms with Crippen LogP contribution < -0.4 is 10.5 Å². The third-order valence-corrected chi connectivity index (χ3v) is 1.48. The van der Waals surface area contributed by atoms with Crippen molar-refractivity contribution in [2.75, 3.05) is 5.73 Å². The van der Waals surface area contributed by atoms with E-state index in [0.29, 0.717) is 0 Å². The van der Waals surface area contributed by atoms with Gasteiger partial charge in [0.15, 0.2) is 5.75 Å². The average Bonchev–Trinajstić information content (AvgIpc) is 2.08. The Bertz CT molecular complexity index is 291. The fourth-order valence-corrected chi connectivity index (χ4v) is 0.943. The van der Waals surface area contributed by atoms with E-state index in [0.717, 1.165) is 0 Å². The number of halogens is 3. The zero-order valence-corrected chi connectivity index (χ0v) is 6.64. The van der Waals surface area contributed by atoms with E-state index in [1.807, 2.05) is 0 Å². The van der Waals surface area contributed by atoms with Crippen LogP contribution in [0.4, 0.5) is 18.9 Å². The number of rotatable bonds is 3. The smallest absolute Gasteiger partial charge is 0.387 e. The molecule has 0 amide bonds. The van der Waals surface area contributed by atoms with E-state index in [1.54, 1.807) is 0 Å². The zero-order valence-electron chi connectivity index (χ0n) is 6.64. The number of hydrogen-bond donors (Lipinski definition) is 1. The maximum atomic E-state index is 12.2. The van der Waals surface area contributed by atoms with Gasteiger partial charge in [0.05, 0.1) is 5.69 Å². The number of hydrogen-bond acceptors (Lipinski definition) is 2. The van der Waals surface area contributed by atoms with Crippen LogP contribution in [0, 0.1) is 0 Å². The molecule has 0 fully saturated rings. The number of para-hydroxylation sites is 1. The normalized spacial score (nSPS) is 10.5. The Labute approximate surface area is 73.1 Å². The van der Waals surface area contributed by atoms with Crippen molar-refractivity contribution in [1.82, 2.24) is 0 Å². The number of anilines is 1. The molecule has 0 atom stereocenters. The van der Waals surface area contributed by atoms with Crippen LogP contribution in [0.15, 0.2) is 18.2 Å². The van der Waals surface area contributed by atoms with E-state index in [4.69, 9.17) is 5.73 Å². The van der Waals surface area contributed by atoms with E-state index in [-0.39, 0.29) is 17.0 Å². The molecule has 0 heterocycles. The van der Waals surface area contributed by atoms with Gasteiger partial charge in [0, 0.05) is 5.56 Å². The highest BCUT2D eigenvalue weighted by molar-refractivity contribution is 5.56. The number of ether oxygens (including phenoxy) is 1. The summed E-state index contributed by atoms with van der Waals surface area (Å²) in [5, 5.41) is 0. The molecule has 1 rings (SSSR count). The summed E-state index contributed by atoms with van der Waals surface area (Å²) in [5.74, 6) is -0.278. The monoisotopic (exact) mass is 191 g/mol. The lowest BCUT2D eigenvalue weighted by Gasteiger charge is -2.10. The maximum absolute atomic E-state index is 12.2. The SMILES string of the molecule is Nc1cccc(CF)c1OC(F)F. The summed E-state index contributed by atoms with van der Waals surface area (Å²) in [4.78, 5) is 0. The first-order chi connectivity index (χ1) is 6.15. The van der Waals surface area contributed by atoms with Crippen LogP contribution in [-0.2, 0) is 6.67 Å². The molecule has 0 aliphatic rings. The lowest BCUT2D eigenvalue weighted by Crippen LogP contribution is -2.06. The molecule has 0 radical (unpaired) electrons. The Kier molecular flexibility index (Phi) is 3.00. The molecule has 2 nitrogen and oxygen atoms in total. The van der Waals surface area contributed by atoms with Crippen LogP contribution in [0.1, 0.15) is 5.56 Å². The molecule has 1 aromatic rings. The fraction of sp³-hybridized carbons (Fsp3) is 0.250. The predicted molar refractivity (Wildman–Crippen MR) is 42.3 cm³/mol. The van der Waals surface area contributed by atoms with Crippen LogP contribution >= 0.6 is 0 Å². The molecule has 5 heteroatoms. The quantitative estimate of drug-likeness (QED) is 0.744. The number of nitrogen functional groups attached to an aromatic ring is 1. The fourth-order valence-electron chi connectivity index (χ4n) is 0.943. The molecule has 13 heavy (non-hydrogen) atoms. The predicted octanol–water partition coefficient (Wildman–Crippen LogP) is 2.34. The summed E-state index contributed by atoms with van der Waals surface area (Å²) in [5.41, 5.74) is 5.36. The second-order valence-electron chi connectivity index (χ2n) is 2.35. The highest BCUT2D eigenvalue weighted by Crippen LogP contribution is 2.28. The van der Waals surface area contributed by atoms with Crippen LogP contribution in [0.5, 0.6) is 5.75 Å². The summed E-state index contributed by atoms with van der Waals surface area (Å²) in [6.07, 6.45) is 0. The van der Waals surface area contributed by atoms with Gasteiger partial charge in [0.1, 0.15) is 6.67 Å². The summed E-state index contributed by atoms with van der Waals surface area (Å²) >= 11 is 0. The van der Waals surface area contributed by atoms with Gasteiger partial charge < -0.3 is 10.5 Å². The number of benzene rings is 1. The second-order valence-corrected chi connectivity index (χ2v) is 2.35. The first kappa shape index (κ1) is 9.70. The Morgan fingerprint density at radius 1 is 1.38 bits per heavy atom. The van der Waals surface area contributed by atoms with Crippen molar-refractivity contribution in [1.29, 1.82) is 0 Å². The average molecular weight is 191 g/mol. The van der Waals surface area contributed by atoms with Gasteiger partial charge >= 0.3 is 6.61 Å². The highest BCUT2D eigenvalue weighted by atomic mass is 19.3. The molecule has 0 unspecified atom stereocenters. The first-order valence-corrected chi connectivity index (χ1v) is 3.53. The first-order valence-electron chi connectivity index (χ1n) is 3.53. The van der Waals surface area contributed by atoms with Gasteiger partial charge in [0.25, 0.3) is 0 Å². The van der Waals surface area contributed by atoms with Crippen molar-refractivity contribution < 1.29 is 17.9 Å². The van der Waals surface area contributed by atoms with Gasteiger partial charge in [-0.05, 0) is 6.07 Å². The molecule has 0 spiro atoms. The Balaban J connectivity index is 3.00.